The zero-order valence-corrected chi connectivity index (χ0v) is 11.9. The Morgan fingerprint density at radius 1 is 1.42 bits per heavy atom. The van der Waals surface area contributed by atoms with E-state index in [1.54, 1.807) is 13.0 Å². The molecule has 0 aromatic heterocycles. The number of nitrogens with one attached hydrogen (secondary N) is 1. The molecular weight excluding hydrogens is 243 g/mol. The van der Waals surface area contributed by atoms with Crippen LogP contribution < -0.4 is 11.1 Å². The number of amides is 1. The SMILES string of the molecule is Cc1cc(CCNC(=O)C(CN)C(C)C)ccc1F. The van der Waals surface area contributed by atoms with E-state index >= 15 is 0 Å². The molecule has 0 aliphatic heterocycles. The number of carbonyl (C=O) groups is 1. The maximum absolute atomic E-state index is 13.1. The predicted molar refractivity (Wildman–Crippen MR) is 75.2 cm³/mol. The van der Waals surface area contributed by atoms with Gasteiger partial charge in [0.25, 0.3) is 0 Å². The van der Waals surface area contributed by atoms with Gasteiger partial charge in [0.05, 0.1) is 5.92 Å². The molecule has 3 nitrogen and oxygen atoms in total. The second-order valence-electron chi connectivity index (χ2n) is 5.21. The molecule has 0 spiro atoms. The third kappa shape index (κ3) is 4.63. The van der Waals surface area contributed by atoms with Crippen LogP contribution in [-0.4, -0.2) is 19.0 Å². The standard InChI is InChI=1S/C15H23FN2O/c1-10(2)13(9-17)15(19)18-7-6-12-4-5-14(16)11(3)8-12/h4-5,8,10,13H,6-7,9,17H2,1-3H3,(H,18,19). The van der Waals surface area contributed by atoms with Gasteiger partial charge in [-0.1, -0.05) is 26.0 Å². The maximum Gasteiger partial charge on any atom is 0.224 e. The lowest BCUT2D eigenvalue weighted by Gasteiger charge is -2.18. The first-order valence-corrected chi connectivity index (χ1v) is 6.68. The number of aryl methyl sites for hydroxylation is 1. The van der Waals surface area contributed by atoms with Crippen LogP contribution in [0.4, 0.5) is 4.39 Å². The average molecular weight is 266 g/mol. The molecule has 1 unspecified atom stereocenters. The maximum atomic E-state index is 13.1. The number of hydrogen-bond acceptors (Lipinski definition) is 2. The number of nitrogens with two attached hydrogens (primary N) is 1. The van der Waals surface area contributed by atoms with E-state index in [0.717, 1.165) is 5.56 Å². The molecule has 0 saturated heterocycles. The lowest BCUT2D eigenvalue weighted by Crippen LogP contribution is -2.38. The van der Waals surface area contributed by atoms with Crippen LogP contribution in [0.15, 0.2) is 18.2 Å². The van der Waals surface area contributed by atoms with Gasteiger partial charge < -0.3 is 11.1 Å². The van der Waals surface area contributed by atoms with E-state index in [-0.39, 0.29) is 23.6 Å². The molecule has 1 rings (SSSR count). The molecule has 0 fully saturated rings. The Kier molecular flexibility index (Phi) is 5.96. The summed E-state index contributed by atoms with van der Waals surface area (Å²) in [4.78, 5) is 11.9. The summed E-state index contributed by atoms with van der Waals surface area (Å²) in [5, 5.41) is 2.88. The van der Waals surface area contributed by atoms with Gasteiger partial charge in [0.15, 0.2) is 0 Å². The van der Waals surface area contributed by atoms with E-state index in [4.69, 9.17) is 5.73 Å². The van der Waals surface area contributed by atoms with Gasteiger partial charge in [0, 0.05) is 13.1 Å². The minimum absolute atomic E-state index is 0.00339. The Morgan fingerprint density at radius 3 is 2.63 bits per heavy atom. The molecule has 0 bridgehead atoms. The molecule has 1 aromatic rings. The van der Waals surface area contributed by atoms with Gasteiger partial charge in [-0.2, -0.15) is 0 Å². The normalized spacial score (nSPS) is 12.5. The van der Waals surface area contributed by atoms with Crippen molar-refractivity contribution >= 4 is 5.91 Å². The molecule has 3 N–H and O–H groups in total. The van der Waals surface area contributed by atoms with Gasteiger partial charge in [-0.05, 0) is 36.5 Å². The van der Waals surface area contributed by atoms with Crippen LogP contribution in [0.5, 0.6) is 0 Å². The zero-order chi connectivity index (χ0) is 14.4. The molecule has 0 aliphatic rings. The molecule has 1 amide bonds. The second-order valence-corrected chi connectivity index (χ2v) is 5.21. The number of hydrogen-bond donors (Lipinski definition) is 2. The first-order valence-electron chi connectivity index (χ1n) is 6.68. The Bertz CT molecular complexity index is 432. The summed E-state index contributed by atoms with van der Waals surface area (Å²) in [6.45, 7) is 6.62. The highest BCUT2D eigenvalue weighted by atomic mass is 19.1. The number of carbonyl (C=O) groups excluding carboxylic acids is 1. The molecule has 0 aliphatic carbocycles. The Hall–Kier alpha value is -1.42. The van der Waals surface area contributed by atoms with E-state index in [2.05, 4.69) is 5.32 Å². The Labute approximate surface area is 114 Å². The van der Waals surface area contributed by atoms with Crippen LogP contribution in [-0.2, 0) is 11.2 Å². The second kappa shape index (κ2) is 7.24. The smallest absolute Gasteiger partial charge is 0.224 e. The van der Waals surface area contributed by atoms with Gasteiger partial charge >= 0.3 is 0 Å². The fourth-order valence-corrected chi connectivity index (χ4v) is 2.01. The predicted octanol–water partition coefficient (Wildman–Crippen LogP) is 2.02. The van der Waals surface area contributed by atoms with Crippen LogP contribution in [0.1, 0.15) is 25.0 Å². The molecule has 4 heteroatoms. The van der Waals surface area contributed by atoms with E-state index in [0.29, 0.717) is 25.1 Å². The number of benzene rings is 1. The largest absolute Gasteiger partial charge is 0.355 e. The fraction of sp³-hybridized carbons (Fsp3) is 0.533. The molecule has 0 radical (unpaired) electrons. The summed E-state index contributed by atoms with van der Waals surface area (Å²) in [5.74, 6) is -0.111. The van der Waals surface area contributed by atoms with Crippen molar-refractivity contribution in [3.8, 4) is 0 Å². The molecule has 0 heterocycles. The molecule has 1 aromatic carbocycles. The summed E-state index contributed by atoms with van der Waals surface area (Å²) in [6.07, 6.45) is 0.697. The summed E-state index contributed by atoms with van der Waals surface area (Å²) in [5.41, 5.74) is 7.24. The Morgan fingerprint density at radius 2 is 2.11 bits per heavy atom. The monoisotopic (exact) mass is 266 g/mol. The van der Waals surface area contributed by atoms with Crippen molar-refractivity contribution < 1.29 is 9.18 Å². The Balaban J connectivity index is 2.45. The van der Waals surface area contributed by atoms with Crippen molar-refractivity contribution in [1.82, 2.24) is 5.32 Å². The molecule has 106 valence electrons. The third-order valence-electron chi connectivity index (χ3n) is 3.33. The lowest BCUT2D eigenvalue weighted by molar-refractivity contribution is -0.125. The molecule has 0 saturated carbocycles. The highest BCUT2D eigenvalue weighted by Crippen LogP contribution is 2.11. The molecule has 19 heavy (non-hydrogen) atoms. The summed E-state index contributed by atoms with van der Waals surface area (Å²) < 4.78 is 13.1. The summed E-state index contributed by atoms with van der Waals surface area (Å²) in [7, 11) is 0. The van der Waals surface area contributed by atoms with Crippen molar-refractivity contribution in [2.24, 2.45) is 17.6 Å². The topological polar surface area (TPSA) is 55.1 Å². The average Bonchev–Trinajstić information content (AvgIpc) is 2.34. The molecule has 1 atom stereocenters. The first-order chi connectivity index (χ1) is 8.95. The quantitative estimate of drug-likeness (QED) is 0.827. The van der Waals surface area contributed by atoms with Crippen molar-refractivity contribution in [3.63, 3.8) is 0 Å². The first kappa shape index (κ1) is 15.6. The van der Waals surface area contributed by atoms with Gasteiger partial charge in [-0.25, -0.2) is 4.39 Å². The highest BCUT2D eigenvalue weighted by Gasteiger charge is 2.19. The van der Waals surface area contributed by atoms with E-state index in [1.807, 2.05) is 19.9 Å². The minimum atomic E-state index is -0.198. The van der Waals surface area contributed by atoms with Crippen LogP contribution in [0.3, 0.4) is 0 Å². The van der Waals surface area contributed by atoms with Crippen LogP contribution in [0, 0.1) is 24.6 Å². The van der Waals surface area contributed by atoms with Crippen LogP contribution in [0.2, 0.25) is 0 Å². The number of rotatable bonds is 6. The lowest BCUT2D eigenvalue weighted by atomic mass is 9.95. The molecular formula is C15H23FN2O. The zero-order valence-electron chi connectivity index (χ0n) is 11.9. The third-order valence-corrected chi connectivity index (χ3v) is 3.33. The minimum Gasteiger partial charge on any atom is -0.355 e. The van der Waals surface area contributed by atoms with Gasteiger partial charge in [0.2, 0.25) is 5.91 Å². The van der Waals surface area contributed by atoms with Crippen molar-refractivity contribution in [1.29, 1.82) is 0 Å². The van der Waals surface area contributed by atoms with Gasteiger partial charge in [-0.3, -0.25) is 4.79 Å². The number of halogens is 1. The highest BCUT2D eigenvalue weighted by molar-refractivity contribution is 5.79. The van der Waals surface area contributed by atoms with E-state index in [9.17, 15) is 9.18 Å². The summed E-state index contributed by atoms with van der Waals surface area (Å²) >= 11 is 0. The van der Waals surface area contributed by atoms with Crippen LogP contribution in [0.25, 0.3) is 0 Å². The van der Waals surface area contributed by atoms with Crippen molar-refractivity contribution in [2.45, 2.75) is 27.2 Å². The van der Waals surface area contributed by atoms with Crippen LogP contribution >= 0.6 is 0 Å². The van der Waals surface area contributed by atoms with Crippen molar-refractivity contribution in [2.75, 3.05) is 13.1 Å². The summed E-state index contributed by atoms with van der Waals surface area (Å²) in [6, 6.07) is 5.02. The van der Waals surface area contributed by atoms with Gasteiger partial charge in [0.1, 0.15) is 5.82 Å². The van der Waals surface area contributed by atoms with E-state index in [1.165, 1.54) is 6.07 Å². The van der Waals surface area contributed by atoms with Crippen molar-refractivity contribution in [3.05, 3.63) is 35.1 Å². The fourth-order valence-electron chi connectivity index (χ4n) is 2.01. The van der Waals surface area contributed by atoms with Gasteiger partial charge in [-0.15, -0.1) is 0 Å². The van der Waals surface area contributed by atoms with E-state index < -0.39 is 0 Å².